The summed E-state index contributed by atoms with van der Waals surface area (Å²) in [5.41, 5.74) is 0.669. The Balaban J connectivity index is 2.68. The first kappa shape index (κ1) is 57.5. The number of rotatable bonds is 46. The van der Waals surface area contributed by atoms with Crippen LogP contribution in [0.3, 0.4) is 0 Å². The third kappa shape index (κ3) is 29.8. The van der Waals surface area contributed by atoms with Gasteiger partial charge in [-0.3, -0.25) is 0 Å². The number of benzene rings is 1. The Morgan fingerprint density at radius 1 is 0.450 bits per heavy atom. The molecule has 2 atom stereocenters. The summed E-state index contributed by atoms with van der Waals surface area (Å²) in [5, 5.41) is 24.6. The Bertz CT molecular complexity index is 1150. The molecule has 1 rings (SSSR count). The van der Waals surface area contributed by atoms with Crippen molar-refractivity contribution >= 4 is 59.5 Å². The molecule has 0 radical (unpaired) electrons. The predicted octanol–water partition coefficient (Wildman–Crippen LogP) is 15.7. The van der Waals surface area contributed by atoms with Gasteiger partial charge in [0.2, 0.25) is 0 Å². The van der Waals surface area contributed by atoms with Crippen LogP contribution in [0, 0.1) is 0 Å². The van der Waals surface area contributed by atoms with Gasteiger partial charge in [0.1, 0.15) is 0 Å². The van der Waals surface area contributed by atoms with Gasteiger partial charge >= 0.3 is 0 Å². The molecular weight excluding hydrogens is 825 g/mol. The Morgan fingerprint density at radius 2 is 0.767 bits per heavy atom. The molecule has 2 N–H and O–H groups in total. The van der Waals surface area contributed by atoms with Crippen LogP contribution in [-0.2, 0) is 0 Å². The second kappa shape index (κ2) is 42.4. The lowest BCUT2D eigenvalue weighted by atomic mass is 9.90. The summed E-state index contributed by atoms with van der Waals surface area (Å²) in [7, 11) is 0. The van der Waals surface area contributed by atoms with Gasteiger partial charge in [-0.15, -0.1) is 0 Å². The molecule has 1 aromatic rings. The summed E-state index contributed by atoms with van der Waals surface area (Å²) in [6, 6.07) is 3.14. The summed E-state index contributed by atoms with van der Waals surface area (Å²) in [4.78, 5) is 25.0. The van der Waals surface area contributed by atoms with Crippen molar-refractivity contribution in [3.05, 3.63) is 34.4 Å². The number of thioether (sulfide) groups is 2. The summed E-state index contributed by atoms with van der Waals surface area (Å²) in [6.07, 6.45) is 43.0. The van der Waals surface area contributed by atoms with Gasteiger partial charge in [0.25, 0.3) is 0 Å². The normalized spacial score (nSPS) is 12.6. The first-order valence-electron chi connectivity index (χ1n) is 24.8. The van der Waals surface area contributed by atoms with Crippen molar-refractivity contribution in [2.45, 2.75) is 243 Å². The van der Waals surface area contributed by atoms with Gasteiger partial charge in [0, 0.05) is 33.1 Å². The van der Waals surface area contributed by atoms with Gasteiger partial charge < -0.3 is 28.9 Å². The molecule has 0 spiro atoms. The zero-order valence-electron chi connectivity index (χ0n) is 38.3. The van der Waals surface area contributed by atoms with Crippen LogP contribution in [0.1, 0.15) is 274 Å². The maximum absolute atomic E-state index is 12.8. The van der Waals surface area contributed by atoms with Crippen LogP contribution in [0.15, 0.2) is 12.1 Å². The van der Waals surface area contributed by atoms with Gasteiger partial charge in [-0.05, 0) is 72.4 Å². The number of carbonyl (C=O) groups is 2. The predicted molar refractivity (Wildman–Crippen MR) is 264 cm³/mol. The summed E-state index contributed by atoms with van der Waals surface area (Å²) >= 11 is 4.96. The minimum atomic E-state index is -1.52. The van der Waals surface area contributed by atoms with Crippen molar-refractivity contribution in [2.24, 2.45) is 0 Å². The number of hydrogen-bond acceptors (Lipinski definition) is 10. The second-order valence-corrected chi connectivity index (χ2v) is 21.1. The first-order chi connectivity index (χ1) is 29.4. The summed E-state index contributed by atoms with van der Waals surface area (Å²) in [5.74, 6) is -0.406. The van der Waals surface area contributed by atoms with Crippen LogP contribution in [-0.4, -0.2) is 44.1 Å². The second-order valence-electron chi connectivity index (χ2n) is 17.1. The molecule has 60 heavy (non-hydrogen) atoms. The molecular formula is C50H88O6S4-2. The molecule has 1 aromatic carbocycles. The highest BCUT2D eigenvalue weighted by molar-refractivity contribution is 8.00. The lowest BCUT2D eigenvalue weighted by molar-refractivity contribution is -0.259. The van der Waals surface area contributed by atoms with Crippen molar-refractivity contribution in [1.82, 2.24) is 0 Å². The monoisotopic (exact) mass is 913 g/mol. The maximum Gasteiger partial charge on any atom is 0.0725 e. The first-order valence-corrected chi connectivity index (χ1v) is 28.8. The third-order valence-corrected chi connectivity index (χ3v) is 15.6. The lowest BCUT2D eigenvalue weighted by Gasteiger charge is -2.29. The van der Waals surface area contributed by atoms with E-state index in [0.29, 0.717) is 29.9 Å². The molecule has 0 fully saturated rings. The van der Waals surface area contributed by atoms with Crippen LogP contribution in [0.5, 0.6) is 0 Å². The highest BCUT2D eigenvalue weighted by Crippen LogP contribution is 2.45. The summed E-state index contributed by atoms with van der Waals surface area (Å²) < 4.78 is 19.5. The van der Waals surface area contributed by atoms with E-state index in [9.17, 15) is 28.9 Å². The van der Waals surface area contributed by atoms with Crippen LogP contribution in [0.2, 0.25) is 0 Å². The van der Waals surface area contributed by atoms with Gasteiger partial charge in [0.15, 0.2) is 0 Å². The average molecular weight is 914 g/mol. The zero-order valence-corrected chi connectivity index (χ0v) is 41.6. The van der Waals surface area contributed by atoms with Crippen molar-refractivity contribution in [2.75, 3.05) is 23.0 Å². The third-order valence-electron chi connectivity index (χ3n) is 11.9. The molecule has 0 saturated carbocycles. The highest BCUT2D eigenvalue weighted by atomic mass is 32.2. The molecule has 0 aliphatic carbocycles. The van der Waals surface area contributed by atoms with Crippen molar-refractivity contribution in [3.8, 4) is 0 Å². The molecule has 0 heterocycles. The molecule has 6 nitrogen and oxygen atoms in total. The Morgan fingerprint density at radius 3 is 1.08 bits per heavy atom. The average Bonchev–Trinajstić information content (AvgIpc) is 3.24. The quantitative estimate of drug-likeness (QED) is 0.0483. The zero-order chi connectivity index (χ0) is 43.7. The molecule has 2 unspecified atom stereocenters. The Hall–Kier alpha value is -0.520. The fraction of sp³-hybridized carbons (Fsp3) is 0.840. The number of carboxylic acids is 2. The standard InChI is InChI=1S/C50H90O6S4/c1-3-5-7-9-11-13-15-17-19-21-23-25-27-29-31-33-39-57-45(37-41-59-55)43-35-36-44(49(51)52)48(50(53)54)47(43)46(38-42-60-56)58-40-34-32-30-28-26-24-22-20-18-16-14-12-10-8-6-4-2/h35-36,45-46,55-56H,3-34,37-42H2,1-2H3,(H,51,52)(H,53,54)/p-2. The molecule has 10 heteroatoms. The van der Waals surface area contributed by atoms with Crippen molar-refractivity contribution in [1.29, 1.82) is 0 Å². The largest absolute Gasteiger partial charge is 0.545 e. The number of aromatic carboxylic acids is 2. The fourth-order valence-corrected chi connectivity index (χ4v) is 12.0. The molecule has 0 bridgehead atoms. The van der Waals surface area contributed by atoms with E-state index in [1.54, 1.807) is 29.6 Å². The molecule has 0 amide bonds. The van der Waals surface area contributed by atoms with E-state index in [1.165, 1.54) is 186 Å². The Kier molecular flexibility index (Phi) is 40.7. The van der Waals surface area contributed by atoms with Crippen molar-refractivity contribution < 1.29 is 28.9 Å². The minimum Gasteiger partial charge on any atom is -0.545 e. The van der Waals surface area contributed by atoms with Gasteiger partial charge in [-0.1, -0.05) is 219 Å². The van der Waals surface area contributed by atoms with E-state index in [-0.39, 0.29) is 21.6 Å². The SMILES string of the molecule is CCCCCCCCCCCCCCCCCCSC(CCSO)c1ccc(C(=O)[O-])c(C(=O)[O-])c1C(CCSO)SCCCCCCCCCCCCCCCCCC. The van der Waals surface area contributed by atoms with E-state index < -0.39 is 11.9 Å². The molecule has 0 saturated heterocycles. The Labute approximate surface area is 386 Å². The fourth-order valence-electron chi connectivity index (χ4n) is 8.36. The van der Waals surface area contributed by atoms with E-state index in [1.807, 2.05) is 0 Å². The molecule has 0 aliphatic rings. The van der Waals surface area contributed by atoms with Crippen molar-refractivity contribution in [3.63, 3.8) is 0 Å². The summed E-state index contributed by atoms with van der Waals surface area (Å²) in [6.45, 7) is 4.54. The number of hydrogen-bond donors (Lipinski definition) is 2. The van der Waals surface area contributed by atoms with Gasteiger partial charge in [-0.25, -0.2) is 0 Å². The van der Waals surface area contributed by atoms with Crippen LogP contribution in [0.25, 0.3) is 0 Å². The smallest absolute Gasteiger partial charge is 0.0725 e. The minimum absolute atomic E-state index is 0.106. The maximum atomic E-state index is 12.8. The number of unbranched alkanes of at least 4 members (excludes halogenated alkanes) is 30. The molecule has 0 aliphatic heterocycles. The van der Waals surface area contributed by atoms with E-state index in [0.717, 1.165) is 66.8 Å². The number of carbonyl (C=O) groups excluding carboxylic acids is 2. The highest BCUT2D eigenvalue weighted by Gasteiger charge is 2.27. The number of carboxylic acid groups (broad SMARTS) is 2. The van der Waals surface area contributed by atoms with E-state index in [4.69, 9.17) is 0 Å². The topological polar surface area (TPSA) is 121 Å². The van der Waals surface area contributed by atoms with E-state index in [2.05, 4.69) is 13.8 Å². The molecule has 0 aromatic heterocycles. The van der Waals surface area contributed by atoms with Gasteiger partial charge in [0.05, 0.1) is 11.9 Å². The van der Waals surface area contributed by atoms with Crippen LogP contribution in [0.4, 0.5) is 0 Å². The van der Waals surface area contributed by atoms with E-state index >= 15 is 0 Å². The molecule has 350 valence electrons. The van der Waals surface area contributed by atoms with Crippen LogP contribution >= 0.6 is 47.6 Å². The van der Waals surface area contributed by atoms with Gasteiger partial charge in [-0.2, -0.15) is 23.5 Å². The lowest BCUT2D eigenvalue weighted by Crippen LogP contribution is -2.32. The van der Waals surface area contributed by atoms with Crippen LogP contribution < -0.4 is 10.2 Å².